The summed E-state index contributed by atoms with van der Waals surface area (Å²) < 4.78 is 23.3. The standard InChI is InChI=1S/C13H21N3O2S/c1-16-8-4-5-11(10-16)9-15-13-12(19(2,17)18)6-3-7-14-13/h3,6-7,11H,4-5,8-10H2,1-2H3,(H,14,15). The number of pyridine rings is 1. The van der Waals surface area contributed by atoms with Crippen molar-refractivity contribution < 1.29 is 8.42 Å². The third kappa shape index (κ3) is 3.91. The molecule has 2 rings (SSSR count). The molecule has 106 valence electrons. The minimum Gasteiger partial charge on any atom is -0.369 e. The summed E-state index contributed by atoms with van der Waals surface area (Å²) >= 11 is 0. The van der Waals surface area contributed by atoms with Crippen LogP contribution < -0.4 is 5.32 Å². The van der Waals surface area contributed by atoms with Gasteiger partial charge in [-0.25, -0.2) is 13.4 Å². The number of aromatic nitrogens is 1. The first-order chi connectivity index (χ1) is 8.97. The molecule has 2 heterocycles. The van der Waals surface area contributed by atoms with E-state index in [0.29, 0.717) is 11.7 Å². The lowest BCUT2D eigenvalue weighted by atomic mass is 9.98. The Labute approximate surface area is 114 Å². The fourth-order valence-electron chi connectivity index (χ4n) is 2.50. The Morgan fingerprint density at radius 3 is 3.00 bits per heavy atom. The van der Waals surface area contributed by atoms with Crippen LogP contribution in [0, 0.1) is 5.92 Å². The number of rotatable bonds is 4. The van der Waals surface area contributed by atoms with Gasteiger partial charge in [0.05, 0.1) is 0 Å². The van der Waals surface area contributed by atoms with Crippen molar-refractivity contribution in [2.45, 2.75) is 17.7 Å². The quantitative estimate of drug-likeness (QED) is 0.901. The second kappa shape index (κ2) is 5.88. The lowest BCUT2D eigenvalue weighted by Crippen LogP contribution is -2.35. The highest BCUT2D eigenvalue weighted by Crippen LogP contribution is 2.20. The molecular formula is C13H21N3O2S. The second-order valence-corrected chi connectivity index (χ2v) is 7.26. The summed E-state index contributed by atoms with van der Waals surface area (Å²) in [5.41, 5.74) is 0. The maximum atomic E-state index is 11.7. The molecule has 1 aromatic heterocycles. The van der Waals surface area contributed by atoms with Gasteiger partial charge in [-0.2, -0.15) is 0 Å². The zero-order valence-corrected chi connectivity index (χ0v) is 12.3. The van der Waals surface area contributed by atoms with Crippen LogP contribution in [0.4, 0.5) is 5.82 Å². The molecule has 1 unspecified atom stereocenters. The molecule has 1 atom stereocenters. The average Bonchev–Trinajstić information content (AvgIpc) is 2.36. The Balaban J connectivity index is 2.04. The van der Waals surface area contributed by atoms with Crippen molar-refractivity contribution in [3.63, 3.8) is 0 Å². The molecule has 0 aliphatic carbocycles. The van der Waals surface area contributed by atoms with Gasteiger partial charge in [0.25, 0.3) is 0 Å². The first kappa shape index (κ1) is 14.3. The highest BCUT2D eigenvalue weighted by Gasteiger charge is 2.19. The molecule has 1 aliphatic heterocycles. The van der Waals surface area contributed by atoms with Gasteiger partial charge in [0, 0.05) is 25.5 Å². The molecule has 0 bridgehead atoms. The number of sulfone groups is 1. The van der Waals surface area contributed by atoms with Crippen molar-refractivity contribution in [3.8, 4) is 0 Å². The van der Waals surface area contributed by atoms with Gasteiger partial charge >= 0.3 is 0 Å². The minimum absolute atomic E-state index is 0.277. The Kier molecular flexibility index (Phi) is 4.42. The molecule has 0 saturated carbocycles. The first-order valence-corrected chi connectivity index (χ1v) is 8.43. The highest BCUT2D eigenvalue weighted by molar-refractivity contribution is 7.90. The van der Waals surface area contributed by atoms with Crippen LogP contribution in [0.3, 0.4) is 0 Å². The summed E-state index contributed by atoms with van der Waals surface area (Å²) in [6, 6.07) is 3.24. The van der Waals surface area contributed by atoms with E-state index >= 15 is 0 Å². The van der Waals surface area contributed by atoms with Crippen molar-refractivity contribution in [1.29, 1.82) is 0 Å². The largest absolute Gasteiger partial charge is 0.369 e. The molecule has 6 heteroatoms. The van der Waals surface area contributed by atoms with Gasteiger partial charge in [-0.05, 0) is 44.5 Å². The summed E-state index contributed by atoms with van der Waals surface area (Å²) in [5.74, 6) is 1.02. The Morgan fingerprint density at radius 2 is 2.32 bits per heavy atom. The van der Waals surface area contributed by atoms with E-state index in [4.69, 9.17) is 0 Å². The fraction of sp³-hybridized carbons (Fsp3) is 0.615. The highest BCUT2D eigenvalue weighted by atomic mass is 32.2. The van der Waals surface area contributed by atoms with Crippen LogP contribution in [0.15, 0.2) is 23.2 Å². The normalized spacial score (nSPS) is 21.3. The van der Waals surface area contributed by atoms with Crippen LogP contribution in [0.25, 0.3) is 0 Å². The molecule has 0 spiro atoms. The van der Waals surface area contributed by atoms with Crippen LogP contribution >= 0.6 is 0 Å². The number of nitrogens with one attached hydrogen (secondary N) is 1. The third-order valence-electron chi connectivity index (χ3n) is 3.45. The Hall–Kier alpha value is -1.14. The Bertz CT molecular complexity index is 530. The van der Waals surface area contributed by atoms with Gasteiger partial charge in [0.1, 0.15) is 10.7 Å². The minimum atomic E-state index is -3.23. The number of anilines is 1. The molecule has 1 aliphatic rings. The van der Waals surface area contributed by atoms with E-state index in [-0.39, 0.29) is 4.90 Å². The summed E-state index contributed by atoms with van der Waals surface area (Å²) in [6.07, 6.45) is 5.20. The number of nitrogens with zero attached hydrogens (tertiary/aromatic N) is 2. The summed E-state index contributed by atoms with van der Waals surface area (Å²) in [7, 11) is -1.11. The third-order valence-corrected chi connectivity index (χ3v) is 4.58. The van der Waals surface area contributed by atoms with Crippen molar-refractivity contribution >= 4 is 15.7 Å². The van der Waals surface area contributed by atoms with Crippen molar-refractivity contribution in [2.75, 3.05) is 38.3 Å². The summed E-state index contributed by atoms with van der Waals surface area (Å²) in [4.78, 5) is 6.73. The molecule has 5 nitrogen and oxygen atoms in total. The summed E-state index contributed by atoms with van der Waals surface area (Å²) in [6.45, 7) is 2.96. The van der Waals surface area contributed by atoms with E-state index in [1.807, 2.05) is 0 Å². The number of likely N-dealkylation sites (tertiary alicyclic amines) is 1. The predicted molar refractivity (Wildman–Crippen MR) is 76.1 cm³/mol. The number of hydrogen-bond donors (Lipinski definition) is 1. The predicted octanol–water partition coefficient (Wildman–Crippen LogP) is 1.24. The van der Waals surface area contributed by atoms with Crippen LogP contribution in [0.1, 0.15) is 12.8 Å². The monoisotopic (exact) mass is 283 g/mol. The lowest BCUT2D eigenvalue weighted by Gasteiger charge is -2.29. The molecular weight excluding hydrogens is 262 g/mol. The average molecular weight is 283 g/mol. The zero-order valence-electron chi connectivity index (χ0n) is 11.5. The molecule has 1 N–H and O–H groups in total. The second-order valence-electron chi connectivity index (χ2n) is 5.27. The molecule has 0 aromatic carbocycles. The van der Waals surface area contributed by atoms with Crippen LogP contribution in [-0.4, -0.2) is 51.2 Å². The zero-order chi connectivity index (χ0) is 13.9. The Morgan fingerprint density at radius 1 is 1.53 bits per heavy atom. The number of piperidine rings is 1. The van der Waals surface area contributed by atoms with Gasteiger partial charge in [0.15, 0.2) is 9.84 Å². The van der Waals surface area contributed by atoms with E-state index in [9.17, 15) is 8.42 Å². The number of hydrogen-bond acceptors (Lipinski definition) is 5. The molecule has 1 saturated heterocycles. The van der Waals surface area contributed by atoms with E-state index in [2.05, 4.69) is 22.2 Å². The molecule has 0 radical (unpaired) electrons. The van der Waals surface area contributed by atoms with Crippen molar-refractivity contribution in [1.82, 2.24) is 9.88 Å². The first-order valence-electron chi connectivity index (χ1n) is 6.54. The molecule has 19 heavy (non-hydrogen) atoms. The van der Waals surface area contributed by atoms with Crippen molar-refractivity contribution in [2.24, 2.45) is 5.92 Å². The lowest BCUT2D eigenvalue weighted by molar-refractivity contribution is 0.217. The van der Waals surface area contributed by atoms with Crippen LogP contribution in [-0.2, 0) is 9.84 Å². The maximum Gasteiger partial charge on any atom is 0.179 e. The van der Waals surface area contributed by atoms with Crippen LogP contribution in [0.5, 0.6) is 0 Å². The van der Waals surface area contributed by atoms with E-state index < -0.39 is 9.84 Å². The van der Waals surface area contributed by atoms with E-state index in [1.165, 1.54) is 19.1 Å². The molecule has 0 amide bonds. The smallest absolute Gasteiger partial charge is 0.179 e. The SMILES string of the molecule is CN1CCCC(CNc2ncccc2S(C)(=O)=O)C1. The molecule has 1 aromatic rings. The van der Waals surface area contributed by atoms with E-state index in [0.717, 1.165) is 19.6 Å². The van der Waals surface area contributed by atoms with Gasteiger partial charge in [-0.3, -0.25) is 0 Å². The topological polar surface area (TPSA) is 62.3 Å². The summed E-state index contributed by atoms with van der Waals surface area (Å²) in [5, 5.41) is 3.19. The van der Waals surface area contributed by atoms with Gasteiger partial charge < -0.3 is 10.2 Å². The van der Waals surface area contributed by atoms with Gasteiger partial charge in [-0.15, -0.1) is 0 Å². The van der Waals surface area contributed by atoms with Crippen molar-refractivity contribution in [3.05, 3.63) is 18.3 Å². The molecule has 1 fully saturated rings. The van der Waals surface area contributed by atoms with E-state index in [1.54, 1.807) is 18.3 Å². The maximum absolute atomic E-state index is 11.7. The van der Waals surface area contributed by atoms with Gasteiger partial charge in [0.2, 0.25) is 0 Å². The van der Waals surface area contributed by atoms with Crippen LogP contribution in [0.2, 0.25) is 0 Å². The van der Waals surface area contributed by atoms with Gasteiger partial charge in [-0.1, -0.05) is 0 Å². The fourth-order valence-corrected chi connectivity index (χ4v) is 3.31.